The number of ether oxygens (including phenoxy) is 1. The predicted octanol–water partition coefficient (Wildman–Crippen LogP) is 3.81. The lowest BCUT2D eigenvalue weighted by molar-refractivity contribution is 0.0466. The smallest absolute Gasteiger partial charge is 0.341 e. The lowest BCUT2D eigenvalue weighted by Gasteiger charge is -2.08. The standard InChI is InChI=1S/C14H9BrF3NO2/c15-13-7(2-1-3-9(13)16)6-21-14(20)8-4-12(19)11(18)5-10(8)17/h1-5H,6,19H2. The Labute approximate surface area is 126 Å². The van der Waals surface area contributed by atoms with Gasteiger partial charge in [0, 0.05) is 11.6 Å². The van der Waals surface area contributed by atoms with Crippen LogP contribution in [0.15, 0.2) is 34.8 Å². The van der Waals surface area contributed by atoms with E-state index in [2.05, 4.69) is 15.9 Å². The van der Waals surface area contributed by atoms with Gasteiger partial charge in [-0.05, 0) is 28.1 Å². The third-order valence-electron chi connectivity index (χ3n) is 2.70. The molecule has 3 nitrogen and oxygen atoms in total. The molecule has 0 aliphatic heterocycles. The van der Waals surface area contributed by atoms with Crippen LogP contribution >= 0.6 is 15.9 Å². The molecule has 0 aliphatic rings. The van der Waals surface area contributed by atoms with Crippen LogP contribution < -0.4 is 5.73 Å². The summed E-state index contributed by atoms with van der Waals surface area (Å²) >= 11 is 3.01. The number of anilines is 1. The summed E-state index contributed by atoms with van der Waals surface area (Å²) in [5.41, 5.74) is 4.80. The Balaban J connectivity index is 2.16. The van der Waals surface area contributed by atoms with E-state index in [0.29, 0.717) is 11.6 Å². The molecule has 0 saturated heterocycles. The van der Waals surface area contributed by atoms with Gasteiger partial charge in [-0.2, -0.15) is 0 Å². The number of benzene rings is 2. The maximum absolute atomic E-state index is 13.5. The minimum atomic E-state index is -1.08. The highest BCUT2D eigenvalue weighted by Gasteiger charge is 2.17. The first-order chi connectivity index (χ1) is 9.90. The van der Waals surface area contributed by atoms with Crippen LogP contribution in [0.25, 0.3) is 0 Å². The zero-order valence-corrected chi connectivity index (χ0v) is 12.1. The van der Waals surface area contributed by atoms with E-state index in [1.165, 1.54) is 18.2 Å². The molecule has 0 atom stereocenters. The quantitative estimate of drug-likeness (QED) is 0.669. The molecule has 0 saturated carbocycles. The van der Waals surface area contributed by atoms with Crippen LogP contribution in [0.5, 0.6) is 0 Å². The number of hydrogen-bond donors (Lipinski definition) is 1. The van der Waals surface area contributed by atoms with Crippen molar-refractivity contribution in [3.8, 4) is 0 Å². The average Bonchev–Trinajstić information content (AvgIpc) is 2.44. The number of hydrogen-bond acceptors (Lipinski definition) is 3. The van der Waals surface area contributed by atoms with Gasteiger partial charge >= 0.3 is 5.97 Å². The summed E-state index contributed by atoms with van der Waals surface area (Å²) in [5.74, 6) is -3.57. The number of halogens is 4. The van der Waals surface area contributed by atoms with Gasteiger partial charge in [0.05, 0.1) is 15.7 Å². The van der Waals surface area contributed by atoms with E-state index in [1.54, 1.807) is 0 Å². The first-order valence-electron chi connectivity index (χ1n) is 5.74. The Hall–Kier alpha value is -2.02. The van der Waals surface area contributed by atoms with Gasteiger partial charge in [-0.3, -0.25) is 0 Å². The summed E-state index contributed by atoms with van der Waals surface area (Å²) in [6.45, 7) is -0.270. The SMILES string of the molecule is Nc1cc(C(=O)OCc2cccc(F)c2Br)c(F)cc1F. The maximum Gasteiger partial charge on any atom is 0.341 e. The summed E-state index contributed by atoms with van der Waals surface area (Å²) in [4.78, 5) is 11.7. The van der Waals surface area contributed by atoms with Crippen LogP contribution in [0.3, 0.4) is 0 Å². The molecule has 2 rings (SSSR count). The Morgan fingerprint density at radius 2 is 1.86 bits per heavy atom. The molecule has 2 aromatic carbocycles. The second-order valence-corrected chi connectivity index (χ2v) is 4.94. The van der Waals surface area contributed by atoms with Crippen molar-refractivity contribution in [1.82, 2.24) is 0 Å². The third kappa shape index (κ3) is 3.36. The highest BCUT2D eigenvalue weighted by Crippen LogP contribution is 2.22. The molecule has 0 aliphatic carbocycles. The summed E-state index contributed by atoms with van der Waals surface area (Å²) in [6.07, 6.45) is 0. The first kappa shape index (κ1) is 15.4. The maximum atomic E-state index is 13.5. The van der Waals surface area contributed by atoms with Crippen LogP contribution in [-0.4, -0.2) is 5.97 Å². The molecule has 2 N–H and O–H groups in total. The number of nitrogens with two attached hydrogens (primary N) is 1. The second kappa shape index (κ2) is 6.17. The number of nitrogen functional groups attached to an aromatic ring is 1. The Bertz CT molecular complexity index is 707. The molecule has 21 heavy (non-hydrogen) atoms. The van der Waals surface area contributed by atoms with Gasteiger partial charge in [-0.25, -0.2) is 18.0 Å². The molecule has 110 valence electrons. The number of esters is 1. The normalized spacial score (nSPS) is 10.5. The third-order valence-corrected chi connectivity index (χ3v) is 3.58. The van der Waals surface area contributed by atoms with Crippen LogP contribution in [0.4, 0.5) is 18.9 Å². The van der Waals surface area contributed by atoms with Crippen molar-refractivity contribution in [2.45, 2.75) is 6.61 Å². The van der Waals surface area contributed by atoms with E-state index < -0.39 is 29.0 Å². The Morgan fingerprint density at radius 3 is 2.57 bits per heavy atom. The molecule has 7 heteroatoms. The monoisotopic (exact) mass is 359 g/mol. The molecule has 0 heterocycles. The van der Waals surface area contributed by atoms with E-state index in [0.717, 1.165) is 6.07 Å². The topological polar surface area (TPSA) is 52.3 Å². The molecular weight excluding hydrogens is 351 g/mol. The van der Waals surface area contributed by atoms with Gasteiger partial charge in [-0.15, -0.1) is 0 Å². The largest absolute Gasteiger partial charge is 0.457 e. The molecule has 0 unspecified atom stereocenters. The Morgan fingerprint density at radius 1 is 1.14 bits per heavy atom. The van der Waals surface area contributed by atoms with E-state index in [-0.39, 0.29) is 16.8 Å². The zero-order chi connectivity index (χ0) is 15.6. The van der Waals surface area contributed by atoms with Gasteiger partial charge in [0.1, 0.15) is 24.1 Å². The van der Waals surface area contributed by atoms with Crippen molar-refractivity contribution in [3.05, 3.63) is 63.4 Å². The average molecular weight is 360 g/mol. The van der Waals surface area contributed by atoms with Crippen molar-refractivity contribution in [3.63, 3.8) is 0 Å². The van der Waals surface area contributed by atoms with Crippen molar-refractivity contribution in [1.29, 1.82) is 0 Å². The summed E-state index contributed by atoms with van der Waals surface area (Å²) in [5, 5.41) is 0. The van der Waals surface area contributed by atoms with Crippen molar-refractivity contribution in [2.75, 3.05) is 5.73 Å². The highest BCUT2D eigenvalue weighted by atomic mass is 79.9. The molecular formula is C14H9BrF3NO2. The molecule has 0 aromatic heterocycles. The molecule has 0 fully saturated rings. The molecule has 0 spiro atoms. The predicted molar refractivity (Wildman–Crippen MR) is 74.0 cm³/mol. The van der Waals surface area contributed by atoms with Gasteiger partial charge in [0.2, 0.25) is 0 Å². The fourth-order valence-electron chi connectivity index (χ4n) is 1.60. The van der Waals surface area contributed by atoms with E-state index in [9.17, 15) is 18.0 Å². The molecule has 0 radical (unpaired) electrons. The number of rotatable bonds is 3. The molecule has 0 bridgehead atoms. The summed E-state index contributed by atoms with van der Waals surface area (Å²) in [6, 6.07) is 5.57. The van der Waals surface area contributed by atoms with Crippen LogP contribution in [0, 0.1) is 17.5 Å². The van der Waals surface area contributed by atoms with E-state index >= 15 is 0 Å². The lowest BCUT2D eigenvalue weighted by atomic mass is 10.2. The van der Waals surface area contributed by atoms with Gasteiger partial charge < -0.3 is 10.5 Å². The minimum absolute atomic E-state index is 0.150. The van der Waals surface area contributed by atoms with Gasteiger partial charge in [0.25, 0.3) is 0 Å². The minimum Gasteiger partial charge on any atom is -0.457 e. The summed E-state index contributed by atoms with van der Waals surface area (Å²) in [7, 11) is 0. The summed E-state index contributed by atoms with van der Waals surface area (Å²) < 4.78 is 44.8. The van der Waals surface area contributed by atoms with Crippen molar-refractivity contribution in [2.24, 2.45) is 0 Å². The van der Waals surface area contributed by atoms with Crippen molar-refractivity contribution >= 4 is 27.6 Å². The second-order valence-electron chi connectivity index (χ2n) is 4.14. The first-order valence-corrected chi connectivity index (χ1v) is 6.54. The lowest BCUT2D eigenvalue weighted by Crippen LogP contribution is -2.09. The molecule has 0 amide bonds. The zero-order valence-electron chi connectivity index (χ0n) is 10.5. The van der Waals surface area contributed by atoms with Crippen molar-refractivity contribution < 1.29 is 22.7 Å². The van der Waals surface area contributed by atoms with Crippen LogP contribution in [0.2, 0.25) is 0 Å². The Kier molecular flexibility index (Phi) is 4.52. The van der Waals surface area contributed by atoms with Crippen LogP contribution in [-0.2, 0) is 11.3 Å². The molecule has 2 aromatic rings. The fourth-order valence-corrected chi connectivity index (χ4v) is 1.98. The highest BCUT2D eigenvalue weighted by molar-refractivity contribution is 9.10. The fraction of sp³-hybridized carbons (Fsp3) is 0.0714. The van der Waals surface area contributed by atoms with E-state index in [4.69, 9.17) is 10.5 Å². The van der Waals surface area contributed by atoms with Gasteiger partial charge in [-0.1, -0.05) is 12.1 Å². The van der Waals surface area contributed by atoms with Crippen LogP contribution in [0.1, 0.15) is 15.9 Å². The number of carbonyl (C=O) groups is 1. The number of carbonyl (C=O) groups excluding carboxylic acids is 1. The van der Waals surface area contributed by atoms with Gasteiger partial charge in [0.15, 0.2) is 0 Å². The van der Waals surface area contributed by atoms with E-state index in [1.807, 2.05) is 0 Å².